The predicted molar refractivity (Wildman–Crippen MR) is 129 cm³/mol. The molecule has 0 saturated carbocycles. The highest BCUT2D eigenvalue weighted by atomic mass is 16.1. The summed E-state index contributed by atoms with van der Waals surface area (Å²) in [7, 11) is 1.84. The molecule has 170 valence electrons. The van der Waals surface area contributed by atoms with E-state index >= 15 is 0 Å². The molecule has 0 saturated heterocycles. The SMILES string of the molecule is Cn1cc(Nc2ncc(-c3ccc(CC(=O)Nc4ccc(C(C)(C)C#N)nc4)cc3)cn2)cn1. The van der Waals surface area contributed by atoms with Crippen LogP contribution < -0.4 is 10.6 Å². The van der Waals surface area contributed by atoms with Gasteiger partial charge in [0.15, 0.2) is 0 Å². The summed E-state index contributed by atoms with van der Waals surface area (Å²) in [6, 6.07) is 13.4. The largest absolute Gasteiger partial charge is 0.324 e. The molecule has 0 atom stereocenters. The zero-order valence-corrected chi connectivity index (χ0v) is 19.1. The van der Waals surface area contributed by atoms with Gasteiger partial charge >= 0.3 is 0 Å². The molecule has 4 aromatic rings. The highest BCUT2D eigenvalue weighted by Gasteiger charge is 2.21. The minimum atomic E-state index is -0.675. The van der Waals surface area contributed by atoms with Crippen molar-refractivity contribution in [2.24, 2.45) is 7.05 Å². The molecule has 0 aliphatic heterocycles. The normalized spacial score (nSPS) is 11.0. The van der Waals surface area contributed by atoms with Crippen molar-refractivity contribution < 1.29 is 4.79 Å². The maximum absolute atomic E-state index is 12.4. The van der Waals surface area contributed by atoms with E-state index in [0.29, 0.717) is 17.3 Å². The average molecular weight is 453 g/mol. The van der Waals surface area contributed by atoms with Gasteiger partial charge in [-0.25, -0.2) is 9.97 Å². The minimum Gasteiger partial charge on any atom is -0.324 e. The Morgan fingerprint density at radius 1 is 0.971 bits per heavy atom. The maximum Gasteiger partial charge on any atom is 0.228 e. The Morgan fingerprint density at radius 2 is 1.71 bits per heavy atom. The fraction of sp³-hybridized carbons (Fsp3) is 0.200. The molecular formula is C25H24N8O. The summed E-state index contributed by atoms with van der Waals surface area (Å²) < 4.78 is 1.70. The second-order valence-corrected chi connectivity index (χ2v) is 8.41. The van der Waals surface area contributed by atoms with E-state index in [1.807, 2.05) is 37.5 Å². The first-order chi connectivity index (χ1) is 16.3. The summed E-state index contributed by atoms with van der Waals surface area (Å²) in [4.78, 5) is 25.5. The smallest absolute Gasteiger partial charge is 0.228 e. The van der Waals surface area contributed by atoms with Gasteiger partial charge < -0.3 is 10.6 Å². The standard InChI is InChI=1S/C25H24N8O/c1-25(2,16-26)22-9-8-20(13-27-22)31-23(34)10-17-4-6-18(7-5-17)19-11-28-24(29-12-19)32-21-14-30-33(3)15-21/h4-9,11-15H,10H2,1-3H3,(H,31,34)(H,28,29,32). The van der Waals surface area contributed by atoms with Crippen LogP contribution in [-0.4, -0.2) is 30.6 Å². The van der Waals surface area contributed by atoms with Crippen LogP contribution in [-0.2, 0) is 23.7 Å². The zero-order valence-electron chi connectivity index (χ0n) is 19.1. The quantitative estimate of drug-likeness (QED) is 0.435. The number of carbonyl (C=O) groups excluding carboxylic acids is 1. The number of hydrogen-bond donors (Lipinski definition) is 2. The lowest BCUT2D eigenvalue weighted by atomic mass is 9.91. The fourth-order valence-corrected chi connectivity index (χ4v) is 3.26. The molecule has 0 bridgehead atoms. The zero-order chi connectivity index (χ0) is 24.1. The first kappa shape index (κ1) is 22.6. The molecule has 0 spiro atoms. The molecule has 3 heterocycles. The lowest BCUT2D eigenvalue weighted by molar-refractivity contribution is -0.115. The van der Waals surface area contributed by atoms with Gasteiger partial charge in [-0.2, -0.15) is 10.4 Å². The third-order valence-corrected chi connectivity index (χ3v) is 5.23. The van der Waals surface area contributed by atoms with Crippen LogP contribution in [0.1, 0.15) is 25.1 Å². The van der Waals surface area contributed by atoms with E-state index in [-0.39, 0.29) is 12.3 Å². The summed E-state index contributed by atoms with van der Waals surface area (Å²) in [6.07, 6.45) is 8.84. The van der Waals surface area contributed by atoms with Crippen LogP contribution >= 0.6 is 0 Å². The van der Waals surface area contributed by atoms with Gasteiger partial charge in [-0.15, -0.1) is 0 Å². The maximum atomic E-state index is 12.4. The van der Waals surface area contributed by atoms with Crippen LogP contribution in [0.4, 0.5) is 17.3 Å². The number of pyridine rings is 1. The van der Waals surface area contributed by atoms with E-state index in [0.717, 1.165) is 22.4 Å². The number of anilines is 3. The van der Waals surface area contributed by atoms with E-state index in [1.165, 1.54) is 0 Å². The second kappa shape index (κ2) is 9.50. The van der Waals surface area contributed by atoms with Crippen LogP contribution in [0.5, 0.6) is 0 Å². The molecule has 34 heavy (non-hydrogen) atoms. The van der Waals surface area contributed by atoms with Gasteiger partial charge in [-0.3, -0.25) is 14.5 Å². The molecule has 9 heteroatoms. The molecule has 3 aromatic heterocycles. The highest BCUT2D eigenvalue weighted by molar-refractivity contribution is 5.92. The van der Waals surface area contributed by atoms with Crippen molar-refractivity contribution in [1.29, 1.82) is 5.26 Å². The molecule has 0 aliphatic rings. The Kier molecular flexibility index (Phi) is 6.32. The summed E-state index contributed by atoms with van der Waals surface area (Å²) in [6.45, 7) is 3.61. The van der Waals surface area contributed by atoms with E-state index in [9.17, 15) is 10.1 Å². The third-order valence-electron chi connectivity index (χ3n) is 5.23. The average Bonchev–Trinajstić information content (AvgIpc) is 3.25. The Labute approximate surface area is 197 Å². The topological polar surface area (TPSA) is 121 Å². The van der Waals surface area contributed by atoms with Crippen molar-refractivity contribution in [3.05, 3.63) is 78.6 Å². The highest BCUT2D eigenvalue weighted by Crippen LogP contribution is 2.22. The number of aryl methyl sites for hydroxylation is 1. The number of nitrogens with one attached hydrogen (secondary N) is 2. The number of aromatic nitrogens is 5. The third kappa shape index (κ3) is 5.42. The van der Waals surface area contributed by atoms with Gasteiger partial charge in [0.2, 0.25) is 11.9 Å². The van der Waals surface area contributed by atoms with Crippen LogP contribution in [0, 0.1) is 11.3 Å². The molecule has 1 amide bonds. The Morgan fingerprint density at radius 3 is 2.29 bits per heavy atom. The van der Waals surface area contributed by atoms with Crippen molar-refractivity contribution in [2.45, 2.75) is 25.7 Å². The van der Waals surface area contributed by atoms with Gasteiger partial charge in [-0.1, -0.05) is 24.3 Å². The van der Waals surface area contributed by atoms with Crippen molar-refractivity contribution in [3.8, 4) is 17.2 Å². The summed E-state index contributed by atoms with van der Waals surface area (Å²) in [5.41, 5.74) is 4.11. The van der Waals surface area contributed by atoms with Gasteiger partial charge in [-0.05, 0) is 37.1 Å². The van der Waals surface area contributed by atoms with Crippen molar-refractivity contribution in [2.75, 3.05) is 10.6 Å². The van der Waals surface area contributed by atoms with Gasteiger partial charge in [0.1, 0.15) is 0 Å². The molecule has 0 radical (unpaired) electrons. The molecule has 0 aliphatic carbocycles. The van der Waals surface area contributed by atoms with Crippen molar-refractivity contribution in [3.63, 3.8) is 0 Å². The van der Waals surface area contributed by atoms with Crippen LogP contribution in [0.15, 0.2) is 67.4 Å². The number of nitrogens with zero attached hydrogens (tertiary/aromatic N) is 6. The van der Waals surface area contributed by atoms with E-state index in [2.05, 4.69) is 36.8 Å². The Bertz CT molecular complexity index is 1320. The number of rotatable bonds is 7. The van der Waals surface area contributed by atoms with Crippen LogP contribution in [0.25, 0.3) is 11.1 Å². The summed E-state index contributed by atoms with van der Waals surface area (Å²) in [5.74, 6) is 0.347. The van der Waals surface area contributed by atoms with Crippen molar-refractivity contribution >= 4 is 23.2 Å². The molecule has 1 aromatic carbocycles. The monoisotopic (exact) mass is 452 g/mol. The van der Waals surface area contributed by atoms with E-state index in [4.69, 9.17) is 0 Å². The molecule has 2 N–H and O–H groups in total. The fourth-order valence-electron chi connectivity index (χ4n) is 3.26. The number of nitriles is 1. The van der Waals surface area contributed by atoms with E-state index in [1.54, 1.807) is 55.4 Å². The lowest BCUT2D eigenvalue weighted by Gasteiger charge is -2.14. The first-order valence-corrected chi connectivity index (χ1v) is 10.7. The Balaban J connectivity index is 1.34. The predicted octanol–water partition coefficient (Wildman–Crippen LogP) is 4.00. The number of carbonyl (C=O) groups is 1. The van der Waals surface area contributed by atoms with Gasteiger partial charge in [0.25, 0.3) is 0 Å². The first-order valence-electron chi connectivity index (χ1n) is 10.7. The number of amides is 1. The summed E-state index contributed by atoms with van der Waals surface area (Å²) >= 11 is 0. The van der Waals surface area contributed by atoms with Gasteiger partial charge in [0.05, 0.1) is 47.4 Å². The second-order valence-electron chi connectivity index (χ2n) is 8.41. The van der Waals surface area contributed by atoms with Crippen molar-refractivity contribution in [1.82, 2.24) is 24.7 Å². The molecule has 0 unspecified atom stereocenters. The van der Waals surface area contributed by atoms with Crippen LogP contribution in [0.3, 0.4) is 0 Å². The van der Waals surface area contributed by atoms with E-state index < -0.39 is 5.41 Å². The summed E-state index contributed by atoms with van der Waals surface area (Å²) in [5, 5.41) is 19.3. The molecular weight excluding hydrogens is 428 g/mol. The minimum absolute atomic E-state index is 0.143. The molecule has 9 nitrogen and oxygen atoms in total. The van der Waals surface area contributed by atoms with Gasteiger partial charge in [0, 0.05) is 31.2 Å². The number of hydrogen-bond acceptors (Lipinski definition) is 7. The lowest BCUT2D eigenvalue weighted by Crippen LogP contribution is -2.17. The Hall–Kier alpha value is -4.58. The van der Waals surface area contributed by atoms with Crippen LogP contribution in [0.2, 0.25) is 0 Å². The molecule has 4 rings (SSSR count). The molecule has 0 fully saturated rings. The number of benzene rings is 1.